The fourth-order valence-corrected chi connectivity index (χ4v) is 3.57. The van der Waals surface area contributed by atoms with E-state index in [2.05, 4.69) is 24.2 Å². The Hall–Kier alpha value is -0.0800. The summed E-state index contributed by atoms with van der Waals surface area (Å²) in [7, 11) is 2.11. The normalized spacial score (nSPS) is 33.0. The molecular weight excluding hydrogens is 184 g/mol. The minimum atomic E-state index is 0.783. The number of hydrogen-bond acceptors (Lipinski definition) is 2. The van der Waals surface area contributed by atoms with Gasteiger partial charge in [-0.25, -0.2) is 0 Å². The molecule has 0 aromatic heterocycles. The third-order valence-corrected chi connectivity index (χ3v) is 4.44. The summed E-state index contributed by atoms with van der Waals surface area (Å²) in [5, 5.41) is 3.44. The minimum Gasteiger partial charge on any atom is -0.317 e. The van der Waals surface area contributed by atoms with Gasteiger partial charge in [0.2, 0.25) is 0 Å². The van der Waals surface area contributed by atoms with Crippen LogP contribution in [0.25, 0.3) is 0 Å². The van der Waals surface area contributed by atoms with Crippen molar-refractivity contribution >= 4 is 0 Å². The molecule has 1 N–H and O–H groups in total. The van der Waals surface area contributed by atoms with Crippen LogP contribution in [0, 0.1) is 0 Å². The van der Waals surface area contributed by atoms with E-state index in [9.17, 15) is 0 Å². The fraction of sp³-hybridized carbons (Fsp3) is 1.00. The quantitative estimate of drug-likeness (QED) is 0.766. The first kappa shape index (κ1) is 11.4. The molecule has 88 valence electrons. The first-order chi connectivity index (χ1) is 7.35. The van der Waals surface area contributed by atoms with Gasteiger partial charge in [0.25, 0.3) is 0 Å². The molecule has 0 spiro atoms. The Morgan fingerprint density at radius 2 is 1.80 bits per heavy atom. The predicted octanol–water partition coefficient (Wildman–Crippen LogP) is 2.39. The van der Waals surface area contributed by atoms with Gasteiger partial charge >= 0.3 is 0 Å². The molecule has 0 aliphatic heterocycles. The van der Waals surface area contributed by atoms with E-state index in [1.807, 2.05) is 0 Å². The molecule has 0 heterocycles. The molecule has 2 atom stereocenters. The van der Waals surface area contributed by atoms with Crippen molar-refractivity contribution in [3.8, 4) is 0 Å². The van der Waals surface area contributed by atoms with Crippen molar-refractivity contribution in [2.24, 2.45) is 0 Å². The molecule has 0 saturated heterocycles. The summed E-state index contributed by atoms with van der Waals surface area (Å²) in [4.78, 5) is 2.80. The van der Waals surface area contributed by atoms with Crippen LogP contribution >= 0.6 is 0 Å². The van der Waals surface area contributed by atoms with Gasteiger partial charge in [0.15, 0.2) is 0 Å². The summed E-state index contributed by atoms with van der Waals surface area (Å²) >= 11 is 0. The second-order valence-corrected chi connectivity index (χ2v) is 5.22. The second-order valence-electron chi connectivity index (χ2n) is 5.22. The second kappa shape index (κ2) is 5.31. The topological polar surface area (TPSA) is 15.3 Å². The van der Waals surface area contributed by atoms with E-state index in [0.717, 1.165) is 18.1 Å². The molecule has 0 amide bonds. The lowest BCUT2D eigenvalue weighted by molar-refractivity contribution is 0.144. The molecule has 2 saturated carbocycles. The fourth-order valence-electron chi connectivity index (χ4n) is 3.57. The van der Waals surface area contributed by atoms with Crippen molar-refractivity contribution in [3.63, 3.8) is 0 Å². The summed E-state index contributed by atoms with van der Waals surface area (Å²) in [5.74, 6) is 0. The molecule has 2 unspecified atom stereocenters. The van der Waals surface area contributed by atoms with Gasteiger partial charge in [0.05, 0.1) is 0 Å². The molecule has 0 radical (unpaired) electrons. The molecule has 2 rings (SSSR count). The highest BCUT2D eigenvalue weighted by Crippen LogP contribution is 2.31. The van der Waals surface area contributed by atoms with Crippen LogP contribution in [-0.4, -0.2) is 36.6 Å². The van der Waals surface area contributed by atoms with E-state index >= 15 is 0 Å². The zero-order chi connectivity index (χ0) is 10.7. The maximum absolute atomic E-state index is 3.44. The average Bonchev–Trinajstić information content (AvgIpc) is 2.89. The Morgan fingerprint density at radius 3 is 2.33 bits per heavy atom. The largest absolute Gasteiger partial charge is 0.317 e. The monoisotopic (exact) mass is 210 g/mol. The highest BCUT2D eigenvalue weighted by molar-refractivity contribution is 4.89. The van der Waals surface area contributed by atoms with Crippen LogP contribution in [0.2, 0.25) is 0 Å². The van der Waals surface area contributed by atoms with Gasteiger partial charge in [-0.3, -0.25) is 4.90 Å². The third-order valence-electron chi connectivity index (χ3n) is 4.44. The van der Waals surface area contributed by atoms with Crippen LogP contribution in [0.1, 0.15) is 51.9 Å². The van der Waals surface area contributed by atoms with E-state index in [0.29, 0.717) is 0 Å². The van der Waals surface area contributed by atoms with Gasteiger partial charge in [0, 0.05) is 18.1 Å². The molecule has 2 fully saturated rings. The van der Waals surface area contributed by atoms with E-state index < -0.39 is 0 Å². The highest BCUT2D eigenvalue weighted by atomic mass is 15.2. The predicted molar refractivity (Wildman–Crippen MR) is 65.1 cm³/mol. The summed E-state index contributed by atoms with van der Waals surface area (Å²) in [6.45, 7) is 3.59. The zero-order valence-corrected chi connectivity index (χ0v) is 10.3. The summed E-state index contributed by atoms with van der Waals surface area (Å²) in [6.07, 6.45) is 10.00. The molecule has 0 aromatic rings. The van der Waals surface area contributed by atoms with Gasteiger partial charge in [-0.1, -0.05) is 19.8 Å². The van der Waals surface area contributed by atoms with Crippen molar-refractivity contribution in [1.82, 2.24) is 10.2 Å². The smallest absolute Gasteiger partial charge is 0.0113 e. The lowest BCUT2D eigenvalue weighted by Gasteiger charge is -2.33. The SMILES string of the molecule is CCN(C1CCCC1)C1CCC(NC)C1. The van der Waals surface area contributed by atoms with Gasteiger partial charge in [-0.05, 0) is 45.7 Å². The Balaban J connectivity index is 1.89. The van der Waals surface area contributed by atoms with Crippen LogP contribution in [0.4, 0.5) is 0 Å². The van der Waals surface area contributed by atoms with E-state index in [1.54, 1.807) is 0 Å². The minimum absolute atomic E-state index is 0.783. The van der Waals surface area contributed by atoms with Crippen molar-refractivity contribution < 1.29 is 0 Å². The first-order valence-electron chi connectivity index (χ1n) is 6.78. The molecule has 2 nitrogen and oxygen atoms in total. The van der Waals surface area contributed by atoms with Crippen molar-refractivity contribution in [2.45, 2.75) is 70.0 Å². The number of nitrogens with zero attached hydrogens (tertiary/aromatic N) is 1. The number of hydrogen-bond donors (Lipinski definition) is 1. The Morgan fingerprint density at radius 1 is 1.07 bits per heavy atom. The molecule has 15 heavy (non-hydrogen) atoms. The van der Waals surface area contributed by atoms with Crippen molar-refractivity contribution in [1.29, 1.82) is 0 Å². The standard InChI is InChI=1S/C13H26N2/c1-3-15(12-6-4-5-7-12)13-9-8-11(10-13)14-2/h11-14H,3-10H2,1-2H3. The lowest BCUT2D eigenvalue weighted by atomic mass is 10.1. The maximum Gasteiger partial charge on any atom is 0.0113 e. The van der Waals surface area contributed by atoms with Gasteiger partial charge < -0.3 is 5.32 Å². The average molecular weight is 210 g/mol. The van der Waals surface area contributed by atoms with E-state index in [1.165, 1.54) is 51.5 Å². The van der Waals surface area contributed by atoms with Crippen LogP contribution in [0.5, 0.6) is 0 Å². The summed E-state index contributed by atoms with van der Waals surface area (Å²) in [6, 6.07) is 2.57. The van der Waals surface area contributed by atoms with Crippen molar-refractivity contribution in [3.05, 3.63) is 0 Å². The molecule has 0 bridgehead atoms. The third kappa shape index (κ3) is 2.54. The van der Waals surface area contributed by atoms with E-state index in [4.69, 9.17) is 0 Å². The van der Waals surface area contributed by atoms with Crippen LogP contribution in [0.15, 0.2) is 0 Å². The lowest BCUT2D eigenvalue weighted by Crippen LogP contribution is -2.41. The molecular formula is C13H26N2. The highest BCUT2D eigenvalue weighted by Gasteiger charge is 2.32. The number of rotatable bonds is 4. The van der Waals surface area contributed by atoms with Gasteiger partial charge in [0.1, 0.15) is 0 Å². The van der Waals surface area contributed by atoms with Gasteiger partial charge in [-0.2, -0.15) is 0 Å². The molecule has 0 aromatic carbocycles. The van der Waals surface area contributed by atoms with Crippen molar-refractivity contribution in [2.75, 3.05) is 13.6 Å². The Bertz CT molecular complexity index is 187. The summed E-state index contributed by atoms with van der Waals surface area (Å²) in [5.41, 5.74) is 0. The summed E-state index contributed by atoms with van der Waals surface area (Å²) < 4.78 is 0. The zero-order valence-electron chi connectivity index (χ0n) is 10.3. The first-order valence-corrected chi connectivity index (χ1v) is 6.78. The molecule has 2 heteroatoms. The van der Waals surface area contributed by atoms with Crippen LogP contribution < -0.4 is 5.32 Å². The van der Waals surface area contributed by atoms with Gasteiger partial charge in [-0.15, -0.1) is 0 Å². The van der Waals surface area contributed by atoms with Crippen LogP contribution in [-0.2, 0) is 0 Å². The van der Waals surface area contributed by atoms with Crippen LogP contribution in [0.3, 0.4) is 0 Å². The Labute approximate surface area is 94.4 Å². The Kier molecular flexibility index (Phi) is 4.04. The number of nitrogens with one attached hydrogen (secondary N) is 1. The van der Waals surface area contributed by atoms with E-state index in [-0.39, 0.29) is 0 Å². The molecule has 2 aliphatic rings. The maximum atomic E-state index is 3.44. The molecule has 2 aliphatic carbocycles.